The summed E-state index contributed by atoms with van der Waals surface area (Å²) in [6.45, 7) is 7.22. The van der Waals surface area contributed by atoms with Crippen LogP contribution in [0.5, 0.6) is 0 Å². The second-order valence-electron chi connectivity index (χ2n) is 5.87. The molecule has 5 heteroatoms. The van der Waals surface area contributed by atoms with Crippen LogP contribution in [0.3, 0.4) is 0 Å². The van der Waals surface area contributed by atoms with Gasteiger partial charge in [0.2, 0.25) is 0 Å². The molecule has 1 aromatic carbocycles. The maximum Gasteiger partial charge on any atom is 0.161 e. The van der Waals surface area contributed by atoms with Crippen LogP contribution in [0, 0.1) is 17.0 Å². The van der Waals surface area contributed by atoms with Crippen LogP contribution in [0.25, 0.3) is 0 Å². The molecule has 1 unspecified atom stereocenters. The molecule has 1 atom stereocenters. The standard InChI is InChI=1S/C14H18F2N2S/c1-14(2,3)7-9-8-17-13(19-9)18-12-10(15)5-4-6-11(12)16/h4-6,9H,7-8H2,1-3H3,(H,17,18). The fourth-order valence-corrected chi connectivity index (χ4v) is 3.36. The number of halogens is 2. The van der Waals surface area contributed by atoms with Crippen molar-refractivity contribution in [3.05, 3.63) is 29.8 Å². The predicted molar refractivity (Wildman–Crippen MR) is 77.7 cm³/mol. The molecule has 0 aliphatic carbocycles. The van der Waals surface area contributed by atoms with E-state index in [0.717, 1.165) is 6.42 Å². The normalized spacial score (nSPS) is 19.4. The number of hydrogen-bond acceptors (Lipinski definition) is 3. The average Bonchev–Trinajstić information content (AvgIpc) is 2.69. The summed E-state index contributed by atoms with van der Waals surface area (Å²) in [4.78, 5) is 4.31. The summed E-state index contributed by atoms with van der Waals surface area (Å²) in [5.74, 6) is -1.19. The van der Waals surface area contributed by atoms with Gasteiger partial charge in [-0.25, -0.2) is 8.78 Å². The number of aliphatic imine (C=N–C) groups is 1. The first kappa shape index (κ1) is 14.3. The van der Waals surface area contributed by atoms with Crippen molar-refractivity contribution < 1.29 is 8.78 Å². The lowest BCUT2D eigenvalue weighted by atomic mass is 9.90. The van der Waals surface area contributed by atoms with Crippen molar-refractivity contribution in [2.45, 2.75) is 32.4 Å². The van der Waals surface area contributed by atoms with Gasteiger partial charge in [-0.3, -0.25) is 4.99 Å². The number of anilines is 1. The van der Waals surface area contributed by atoms with Gasteiger partial charge in [0.1, 0.15) is 17.3 Å². The minimum atomic E-state index is -0.595. The minimum Gasteiger partial charge on any atom is -0.330 e. The van der Waals surface area contributed by atoms with Crippen molar-refractivity contribution in [1.82, 2.24) is 0 Å². The number of rotatable bonds is 2. The maximum absolute atomic E-state index is 13.5. The first-order valence-electron chi connectivity index (χ1n) is 6.27. The maximum atomic E-state index is 13.5. The van der Waals surface area contributed by atoms with E-state index < -0.39 is 11.6 Å². The van der Waals surface area contributed by atoms with Crippen molar-refractivity contribution in [2.75, 3.05) is 11.9 Å². The minimum absolute atomic E-state index is 0.120. The molecule has 0 saturated carbocycles. The van der Waals surface area contributed by atoms with Crippen molar-refractivity contribution >= 4 is 22.6 Å². The highest BCUT2D eigenvalue weighted by atomic mass is 32.2. The van der Waals surface area contributed by atoms with Gasteiger partial charge >= 0.3 is 0 Å². The highest BCUT2D eigenvalue weighted by Crippen LogP contribution is 2.33. The molecule has 0 saturated heterocycles. The summed E-state index contributed by atoms with van der Waals surface area (Å²) in [7, 11) is 0. The van der Waals surface area contributed by atoms with Gasteiger partial charge < -0.3 is 5.32 Å². The number of para-hydroxylation sites is 1. The molecule has 1 aliphatic heterocycles. The average molecular weight is 284 g/mol. The van der Waals surface area contributed by atoms with E-state index in [9.17, 15) is 8.78 Å². The van der Waals surface area contributed by atoms with Crippen LogP contribution >= 0.6 is 11.8 Å². The summed E-state index contributed by atoms with van der Waals surface area (Å²) in [5.41, 5.74) is 0.108. The zero-order chi connectivity index (χ0) is 14.0. The molecule has 0 aromatic heterocycles. The molecular formula is C14H18F2N2S. The van der Waals surface area contributed by atoms with Crippen LogP contribution in [0.4, 0.5) is 14.5 Å². The molecule has 1 aliphatic rings. The molecule has 0 bridgehead atoms. The SMILES string of the molecule is CC(C)(C)CC1CN=C(Nc2c(F)cccc2F)S1. The predicted octanol–water partition coefficient (Wildman–Crippen LogP) is 4.28. The molecular weight excluding hydrogens is 266 g/mol. The molecule has 19 heavy (non-hydrogen) atoms. The Labute approximate surface area is 116 Å². The fraction of sp³-hybridized carbons (Fsp3) is 0.500. The number of thioether (sulfide) groups is 1. The van der Waals surface area contributed by atoms with Crippen LogP contribution in [0.2, 0.25) is 0 Å². The van der Waals surface area contributed by atoms with E-state index in [1.165, 1.54) is 18.2 Å². The van der Waals surface area contributed by atoms with Crippen LogP contribution in [0.15, 0.2) is 23.2 Å². The van der Waals surface area contributed by atoms with E-state index in [1.807, 2.05) is 0 Å². The van der Waals surface area contributed by atoms with E-state index in [2.05, 4.69) is 31.1 Å². The Morgan fingerprint density at radius 3 is 2.53 bits per heavy atom. The van der Waals surface area contributed by atoms with Gasteiger partial charge in [-0.1, -0.05) is 38.6 Å². The Kier molecular flexibility index (Phi) is 4.13. The molecule has 0 spiro atoms. The van der Waals surface area contributed by atoms with E-state index in [-0.39, 0.29) is 11.1 Å². The van der Waals surface area contributed by atoms with Gasteiger partial charge in [-0.2, -0.15) is 0 Å². The lowest BCUT2D eigenvalue weighted by molar-refractivity contribution is 0.375. The highest BCUT2D eigenvalue weighted by Gasteiger charge is 2.25. The van der Waals surface area contributed by atoms with Crippen molar-refractivity contribution in [1.29, 1.82) is 0 Å². The van der Waals surface area contributed by atoms with E-state index >= 15 is 0 Å². The zero-order valence-corrected chi connectivity index (χ0v) is 12.2. The summed E-state index contributed by atoms with van der Waals surface area (Å²) >= 11 is 1.56. The van der Waals surface area contributed by atoms with Gasteiger partial charge in [0, 0.05) is 5.25 Å². The Bertz CT molecular complexity index is 474. The first-order chi connectivity index (χ1) is 8.85. The number of amidine groups is 1. The molecule has 1 heterocycles. The van der Waals surface area contributed by atoms with Crippen molar-refractivity contribution in [3.63, 3.8) is 0 Å². The monoisotopic (exact) mass is 284 g/mol. The van der Waals surface area contributed by atoms with Crippen LogP contribution in [-0.4, -0.2) is 17.0 Å². The van der Waals surface area contributed by atoms with Gasteiger partial charge in [-0.15, -0.1) is 0 Å². The second kappa shape index (κ2) is 5.49. The number of benzene rings is 1. The Hall–Kier alpha value is -1.10. The first-order valence-corrected chi connectivity index (χ1v) is 7.15. The summed E-state index contributed by atoms with van der Waals surface area (Å²) in [5, 5.41) is 3.72. The Morgan fingerprint density at radius 1 is 1.32 bits per heavy atom. The van der Waals surface area contributed by atoms with Crippen LogP contribution < -0.4 is 5.32 Å². The molecule has 1 aromatic rings. The highest BCUT2D eigenvalue weighted by molar-refractivity contribution is 8.15. The molecule has 0 fully saturated rings. The zero-order valence-electron chi connectivity index (χ0n) is 11.3. The van der Waals surface area contributed by atoms with Gasteiger partial charge in [0.25, 0.3) is 0 Å². The summed E-state index contributed by atoms with van der Waals surface area (Å²) in [6.07, 6.45) is 1.02. The third kappa shape index (κ3) is 3.93. The lowest BCUT2D eigenvalue weighted by Gasteiger charge is -2.21. The van der Waals surface area contributed by atoms with Crippen LogP contribution in [-0.2, 0) is 0 Å². The molecule has 2 rings (SSSR count). The molecule has 1 N–H and O–H groups in total. The van der Waals surface area contributed by atoms with E-state index in [4.69, 9.17) is 0 Å². The molecule has 2 nitrogen and oxygen atoms in total. The van der Waals surface area contributed by atoms with E-state index in [0.29, 0.717) is 17.0 Å². The third-order valence-corrected chi connectivity index (χ3v) is 3.86. The second-order valence-corrected chi connectivity index (χ2v) is 7.16. The summed E-state index contributed by atoms with van der Waals surface area (Å²) < 4.78 is 27.0. The topological polar surface area (TPSA) is 24.4 Å². The quantitative estimate of drug-likeness (QED) is 0.876. The number of nitrogens with one attached hydrogen (secondary N) is 1. The van der Waals surface area contributed by atoms with Crippen LogP contribution in [0.1, 0.15) is 27.2 Å². The Morgan fingerprint density at radius 2 is 1.95 bits per heavy atom. The number of nitrogens with zero attached hydrogens (tertiary/aromatic N) is 1. The molecule has 0 amide bonds. The van der Waals surface area contributed by atoms with Crippen molar-refractivity contribution in [3.8, 4) is 0 Å². The largest absolute Gasteiger partial charge is 0.330 e. The fourth-order valence-electron chi connectivity index (χ4n) is 2.00. The number of hydrogen-bond donors (Lipinski definition) is 1. The van der Waals surface area contributed by atoms with Crippen molar-refractivity contribution in [2.24, 2.45) is 10.4 Å². The van der Waals surface area contributed by atoms with Gasteiger partial charge in [-0.05, 0) is 24.0 Å². The smallest absolute Gasteiger partial charge is 0.161 e. The summed E-state index contributed by atoms with van der Waals surface area (Å²) in [6, 6.07) is 3.82. The van der Waals surface area contributed by atoms with E-state index in [1.54, 1.807) is 11.8 Å². The molecule has 0 radical (unpaired) electrons. The molecule has 104 valence electrons. The third-order valence-electron chi connectivity index (χ3n) is 2.75. The van der Waals surface area contributed by atoms with Gasteiger partial charge in [0.15, 0.2) is 5.17 Å². The lowest BCUT2D eigenvalue weighted by Crippen LogP contribution is -2.16. The van der Waals surface area contributed by atoms with Gasteiger partial charge in [0.05, 0.1) is 6.54 Å². The Balaban J connectivity index is 1.99.